The Labute approximate surface area is 102 Å². The molecule has 0 fully saturated rings. The second-order valence-electron chi connectivity index (χ2n) is 3.99. The summed E-state index contributed by atoms with van der Waals surface area (Å²) < 4.78 is 2.03. The van der Waals surface area contributed by atoms with E-state index in [1.54, 1.807) is 0 Å². The van der Waals surface area contributed by atoms with Crippen molar-refractivity contribution in [2.75, 3.05) is 5.88 Å². The molecule has 0 aromatic carbocycles. The highest BCUT2D eigenvalue weighted by Gasteiger charge is 2.11. The first kappa shape index (κ1) is 13.5. The van der Waals surface area contributed by atoms with E-state index in [2.05, 4.69) is 23.5 Å². The monoisotopic (exact) mass is 244 g/mol. The molecule has 0 spiro atoms. The average Bonchev–Trinajstić information content (AvgIpc) is 2.64. The molecule has 1 rings (SSSR count). The van der Waals surface area contributed by atoms with Crippen molar-refractivity contribution < 1.29 is 0 Å². The number of nitrogens with one attached hydrogen (secondary N) is 1. The summed E-state index contributed by atoms with van der Waals surface area (Å²) in [4.78, 5) is 0. The van der Waals surface area contributed by atoms with E-state index in [0.717, 1.165) is 31.5 Å². The van der Waals surface area contributed by atoms with E-state index in [4.69, 9.17) is 17.4 Å². The van der Waals surface area contributed by atoms with Gasteiger partial charge < -0.3 is 0 Å². The molecular weight excluding hydrogens is 224 g/mol. The van der Waals surface area contributed by atoms with Gasteiger partial charge in [0.25, 0.3) is 0 Å². The Morgan fingerprint density at radius 3 is 2.94 bits per heavy atom. The van der Waals surface area contributed by atoms with Crippen molar-refractivity contribution in [3.8, 4) is 0 Å². The van der Waals surface area contributed by atoms with Gasteiger partial charge in [-0.25, -0.2) is 0 Å². The van der Waals surface area contributed by atoms with E-state index in [1.807, 2.05) is 11.6 Å². The number of nitrogens with zero attached hydrogens (tertiary/aromatic N) is 2. The minimum atomic E-state index is 0.278. The molecule has 1 heterocycles. The number of hydrazine groups is 1. The minimum absolute atomic E-state index is 0.278. The molecule has 5 heteroatoms. The third-order valence-corrected chi connectivity index (χ3v) is 2.93. The Morgan fingerprint density at radius 1 is 1.62 bits per heavy atom. The van der Waals surface area contributed by atoms with Gasteiger partial charge in [-0.05, 0) is 32.8 Å². The topological polar surface area (TPSA) is 55.9 Å². The molecule has 0 amide bonds. The van der Waals surface area contributed by atoms with Gasteiger partial charge in [-0.3, -0.25) is 16.0 Å². The Bertz CT molecular complexity index is 311. The van der Waals surface area contributed by atoms with E-state index < -0.39 is 0 Å². The summed E-state index contributed by atoms with van der Waals surface area (Å²) in [5.41, 5.74) is 5.14. The van der Waals surface area contributed by atoms with Crippen LogP contribution in [0.3, 0.4) is 0 Å². The molecule has 4 nitrogen and oxygen atoms in total. The zero-order chi connectivity index (χ0) is 12.0. The third-order valence-electron chi connectivity index (χ3n) is 2.66. The first-order valence-corrected chi connectivity index (χ1v) is 6.30. The number of aromatic nitrogens is 2. The van der Waals surface area contributed by atoms with E-state index >= 15 is 0 Å². The number of hydrogen-bond donors (Lipinski definition) is 2. The number of hydrogen-bond acceptors (Lipinski definition) is 3. The van der Waals surface area contributed by atoms with Gasteiger partial charge in [0, 0.05) is 30.6 Å². The van der Waals surface area contributed by atoms with Gasteiger partial charge in [0.05, 0.1) is 5.69 Å². The number of rotatable bonds is 7. The van der Waals surface area contributed by atoms with Crippen LogP contribution in [0.25, 0.3) is 0 Å². The van der Waals surface area contributed by atoms with Crippen LogP contribution in [0.4, 0.5) is 0 Å². The van der Waals surface area contributed by atoms with Gasteiger partial charge in [-0.15, -0.1) is 11.6 Å². The van der Waals surface area contributed by atoms with Crippen molar-refractivity contribution in [2.45, 2.75) is 45.7 Å². The Balaban J connectivity index is 2.61. The summed E-state index contributed by atoms with van der Waals surface area (Å²) in [6, 6.07) is 2.40. The van der Waals surface area contributed by atoms with Crippen LogP contribution in [-0.2, 0) is 13.0 Å². The zero-order valence-electron chi connectivity index (χ0n) is 10.0. The van der Waals surface area contributed by atoms with E-state index in [1.165, 1.54) is 5.69 Å². The molecule has 3 N–H and O–H groups in total. The van der Waals surface area contributed by atoms with Crippen LogP contribution in [0.1, 0.15) is 31.2 Å². The maximum atomic E-state index is 5.68. The maximum Gasteiger partial charge on any atom is 0.0596 e. The molecule has 0 bridgehead atoms. The molecule has 1 atom stereocenters. The van der Waals surface area contributed by atoms with Crippen LogP contribution in [0, 0.1) is 6.92 Å². The second-order valence-corrected chi connectivity index (χ2v) is 4.37. The van der Waals surface area contributed by atoms with Crippen molar-refractivity contribution in [3.63, 3.8) is 0 Å². The fourth-order valence-electron chi connectivity index (χ4n) is 1.86. The zero-order valence-corrected chi connectivity index (χ0v) is 10.8. The number of nitrogens with two attached hydrogens (primary N) is 1. The lowest BCUT2D eigenvalue weighted by Crippen LogP contribution is -2.37. The lowest BCUT2D eigenvalue weighted by atomic mass is 10.1. The molecule has 1 unspecified atom stereocenters. The van der Waals surface area contributed by atoms with Gasteiger partial charge in [0.1, 0.15) is 0 Å². The van der Waals surface area contributed by atoms with E-state index in [0.29, 0.717) is 5.88 Å². The fourth-order valence-corrected chi connectivity index (χ4v) is 2.01. The van der Waals surface area contributed by atoms with Crippen LogP contribution in [-0.4, -0.2) is 21.7 Å². The van der Waals surface area contributed by atoms with Gasteiger partial charge in [0.15, 0.2) is 0 Å². The molecule has 92 valence electrons. The van der Waals surface area contributed by atoms with Gasteiger partial charge in [0.2, 0.25) is 0 Å². The van der Waals surface area contributed by atoms with Crippen molar-refractivity contribution >= 4 is 11.6 Å². The lowest BCUT2D eigenvalue weighted by Gasteiger charge is -2.15. The highest BCUT2D eigenvalue weighted by Crippen LogP contribution is 2.10. The minimum Gasteiger partial charge on any atom is -0.271 e. The van der Waals surface area contributed by atoms with Crippen LogP contribution >= 0.6 is 11.6 Å². The second kappa shape index (κ2) is 6.89. The Morgan fingerprint density at radius 2 is 2.38 bits per heavy atom. The molecule has 0 radical (unpaired) electrons. The van der Waals surface area contributed by atoms with Gasteiger partial charge in [-0.2, -0.15) is 5.10 Å². The molecule has 1 aromatic rings. The van der Waals surface area contributed by atoms with Crippen molar-refractivity contribution in [1.82, 2.24) is 15.2 Å². The summed E-state index contributed by atoms with van der Waals surface area (Å²) >= 11 is 5.68. The average molecular weight is 245 g/mol. The van der Waals surface area contributed by atoms with Crippen molar-refractivity contribution in [1.29, 1.82) is 0 Å². The normalized spacial score (nSPS) is 13.0. The predicted octanol–water partition coefficient (Wildman–Crippen LogP) is 1.60. The van der Waals surface area contributed by atoms with Crippen molar-refractivity contribution in [3.05, 3.63) is 17.5 Å². The summed E-state index contributed by atoms with van der Waals surface area (Å²) in [6.07, 6.45) is 2.88. The van der Waals surface area contributed by atoms with E-state index in [9.17, 15) is 0 Å². The summed E-state index contributed by atoms with van der Waals surface area (Å²) in [6.45, 7) is 5.01. The van der Waals surface area contributed by atoms with Crippen LogP contribution in [0.5, 0.6) is 0 Å². The van der Waals surface area contributed by atoms with Gasteiger partial charge in [-0.1, -0.05) is 0 Å². The summed E-state index contributed by atoms with van der Waals surface area (Å²) in [7, 11) is 0. The number of halogens is 1. The quantitative estimate of drug-likeness (QED) is 0.435. The first-order chi connectivity index (χ1) is 7.71. The largest absolute Gasteiger partial charge is 0.271 e. The predicted molar refractivity (Wildman–Crippen MR) is 67.4 cm³/mol. The standard InChI is InChI=1S/C11H21ClN4/c1-3-16-11(7-9(2)15-16)8-10(14-13)5-4-6-12/h7,10,14H,3-6,8,13H2,1-2H3. The Hall–Kier alpha value is -0.580. The highest BCUT2D eigenvalue weighted by atomic mass is 35.5. The van der Waals surface area contributed by atoms with Crippen molar-refractivity contribution in [2.24, 2.45) is 5.84 Å². The van der Waals surface area contributed by atoms with Gasteiger partial charge >= 0.3 is 0 Å². The third kappa shape index (κ3) is 3.77. The molecule has 16 heavy (non-hydrogen) atoms. The highest BCUT2D eigenvalue weighted by molar-refractivity contribution is 6.17. The van der Waals surface area contributed by atoms with Crippen LogP contribution in [0.15, 0.2) is 6.07 Å². The molecule has 0 saturated carbocycles. The maximum absolute atomic E-state index is 5.68. The van der Waals surface area contributed by atoms with Crippen LogP contribution < -0.4 is 11.3 Å². The molecule has 0 saturated heterocycles. The first-order valence-electron chi connectivity index (χ1n) is 5.76. The lowest BCUT2D eigenvalue weighted by molar-refractivity contribution is 0.468. The SMILES string of the molecule is CCn1nc(C)cc1CC(CCCCl)NN. The fraction of sp³-hybridized carbons (Fsp3) is 0.727. The molecule has 0 aliphatic rings. The molecule has 0 aliphatic heterocycles. The number of alkyl halides is 1. The van der Waals surface area contributed by atoms with Crippen LogP contribution in [0.2, 0.25) is 0 Å². The Kier molecular flexibility index (Phi) is 5.80. The summed E-state index contributed by atoms with van der Waals surface area (Å²) in [5.74, 6) is 6.22. The summed E-state index contributed by atoms with van der Waals surface area (Å²) in [5, 5.41) is 4.42. The smallest absolute Gasteiger partial charge is 0.0596 e. The molecule has 0 aliphatic carbocycles. The molecule has 1 aromatic heterocycles. The number of aryl methyl sites for hydroxylation is 2. The van der Waals surface area contributed by atoms with E-state index in [-0.39, 0.29) is 6.04 Å². The molecular formula is C11H21ClN4.